The topological polar surface area (TPSA) is 126 Å². The summed E-state index contributed by atoms with van der Waals surface area (Å²) in [5, 5.41) is 6.49. The Morgan fingerprint density at radius 3 is 2.26 bits per heavy atom. The highest BCUT2D eigenvalue weighted by Gasteiger charge is 2.35. The molecule has 1 aliphatic rings. The monoisotopic (exact) mass is 544 g/mol. The highest BCUT2D eigenvalue weighted by molar-refractivity contribution is 6.67. The van der Waals surface area contributed by atoms with Gasteiger partial charge in [0.25, 0.3) is 5.91 Å². The van der Waals surface area contributed by atoms with Gasteiger partial charge in [-0.3, -0.25) is 19.4 Å². The normalized spacial score (nSPS) is 19.4. The number of esters is 1. The Kier molecular flexibility index (Phi) is 11.7. The van der Waals surface area contributed by atoms with E-state index in [0.29, 0.717) is 25.8 Å². The number of nitrogens with zero attached hydrogens (tertiary/aromatic N) is 1. The molecule has 0 aliphatic carbocycles. The fourth-order valence-electron chi connectivity index (χ4n) is 3.10. The van der Waals surface area contributed by atoms with Crippen molar-refractivity contribution in [2.75, 3.05) is 13.2 Å². The minimum atomic E-state index is -1.74. The number of amides is 3. The predicted molar refractivity (Wildman–Crippen MR) is 129 cm³/mol. The van der Waals surface area contributed by atoms with Gasteiger partial charge in [-0.1, -0.05) is 55.1 Å². The average Bonchev–Trinajstić information content (AvgIpc) is 2.72. The Balaban J connectivity index is 2.75. The summed E-state index contributed by atoms with van der Waals surface area (Å²) in [5.74, 6) is -1.83. The van der Waals surface area contributed by atoms with Gasteiger partial charge in [-0.2, -0.15) is 0 Å². The molecule has 1 rings (SSSR count). The highest BCUT2D eigenvalue weighted by Crippen LogP contribution is 2.26. The van der Waals surface area contributed by atoms with E-state index in [4.69, 9.17) is 44.3 Å². The van der Waals surface area contributed by atoms with Crippen LogP contribution in [0.5, 0.6) is 0 Å². The third kappa shape index (κ3) is 10.8. The summed E-state index contributed by atoms with van der Waals surface area (Å²) in [6.45, 7) is 10.3. The molecule has 1 aliphatic heterocycles. The number of carbonyl (C=O) groups excluding carboxylic acids is 4. The second-order valence-corrected chi connectivity index (χ2v) is 11.8. The number of hydrazine groups is 1. The SMILES string of the molecule is CCC(C)[C@H](NC(=O)OC(C)(C)C)C(=O)NC(C)C(=O)N1CCCC(C(=O)OCC(Cl)(Cl)Cl)N1. The second kappa shape index (κ2) is 13.0. The number of halogens is 3. The zero-order chi connectivity index (χ0) is 26.3. The van der Waals surface area contributed by atoms with E-state index in [1.54, 1.807) is 20.8 Å². The molecule has 0 aromatic carbocycles. The van der Waals surface area contributed by atoms with Crippen LogP contribution in [0.15, 0.2) is 0 Å². The molecule has 13 heteroatoms. The number of carbonyl (C=O) groups is 4. The van der Waals surface area contributed by atoms with E-state index in [2.05, 4.69) is 16.1 Å². The number of nitrogens with one attached hydrogen (secondary N) is 3. The van der Waals surface area contributed by atoms with Gasteiger partial charge in [0.15, 0.2) is 0 Å². The predicted octanol–water partition coefficient (Wildman–Crippen LogP) is 2.84. The molecule has 1 fully saturated rings. The van der Waals surface area contributed by atoms with Gasteiger partial charge in [-0.15, -0.1) is 0 Å². The first-order valence-corrected chi connectivity index (χ1v) is 12.3. The average molecular weight is 546 g/mol. The van der Waals surface area contributed by atoms with Crippen molar-refractivity contribution in [1.29, 1.82) is 0 Å². The van der Waals surface area contributed by atoms with Crippen molar-refractivity contribution in [3.63, 3.8) is 0 Å². The first kappa shape index (κ1) is 30.5. The summed E-state index contributed by atoms with van der Waals surface area (Å²) in [6, 6.07) is -2.62. The minimum Gasteiger partial charge on any atom is -0.460 e. The largest absolute Gasteiger partial charge is 0.460 e. The fraction of sp³-hybridized carbons (Fsp3) is 0.810. The van der Waals surface area contributed by atoms with Crippen molar-refractivity contribution in [2.45, 2.75) is 88.3 Å². The summed E-state index contributed by atoms with van der Waals surface area (Å²) in [7, 11) is 0. The van der Waals surface area contributed by atoms with Gasteiger partial charge in [0.05, 0.1) is 0 Å². The molecule has 0 aromatic heterocycles. The molecular formula is C21H35Cl3N4O6. The van der Waals surface area contributed by atoms with Crippen molar-refractivity contribution >= 4 is 58.7 Å². The fourth-order valence-corrected chi connectivity index (χ4v) is 3.27. The maximum atomic E-state index is 12.9. The lowest BCUT2D eigenvalue weighted by Gasteiger charge is -2.35. The smallest absolute Gasteiger partial charge is 0.408 e. The summed E-state index contributed by atoms with van der Waals surface area (Å²) in [6.07, 6.45) is 0.852. The van der Waals surface area contributed by atoms with Crippen LogP contribution >= 0.6 is 34.8 Å². The van der Waals surface area contributed by atoms with Crippen LogP contribution in [-0.4, -0.2) is 69.6 Å². The van der Waals surface area contributed by atoms with Crippen LogP contribution in [0.25, 0.3) is 0 Å². The lowest BCUT2D eigenvalue weighted by atomic mass is 9.98. The maximum Gasteiger partial charge on any atom is 0.408 e. The van der Waals surface area contributed by atoms with Crippen LogP contribution in [-0.2, 0) is 23.9 Å². The first-order chi connectivity index (χ1) is 15.5. The molecule has 34 heavy (non-hydrogen) atoms. The number of hydrogen-bond donors (Lipinski definition) is 3. The van der Waals surface area contributed by atoms with Crippen LogP contribution in [0.2, 0.25) is 0 Å². The molecule has 4 atom stereocenters. The molecule has 0 saturated carbocycles. The molecule has 10 nitrogen and oxygen atoms in total. The van der Waals surface area contributed by atoms with Crippen LogP contribution in [0.1, 0.15) is 60.8 Å². The summed E-state index contributed by atoms with van der Waals surface area (Å²) in [5.41, 5.74) is 2.08. The molecule has 0 bridgehead atoms. The van der Waals surface area contributed by atoms with Crippen LogP contribution in [0.3, 0.4) is 0 Å². The molecule has 0 spiro atoms. The molecular weight excluding hydrogens is 511 g/mol. The first-order valence-electron chi connectivity index (χ1n) is 11.1. The van der Waals surface area contributed by atoms with Gasteiger partial charge in [0.2, 0.25) is 9.70 Å². The number of alkyl carbamates (subject to hydrolysis) is 1. The van der Waals surface area contributed by atoms with Crippen LogP contribution in [0.4, 0.5) is 4.79 Å². The van der Waals surface area contributed by atoms with Crippen LogP contribution in [0, 0.1) is 5.92 Å². The Hall–Kier alpha value is -1.49. The van der Waals surface area contributed by atoms with Crippen molar-refractivity contribution in [2.24, 2.45) is 5.92 Å². The third-order valence-electron chi connectivity index (χ3n) is 5.01. The zero-order valence-corrected chi connectivity index (χ0v) is 22.6. The molecule has 3 amide bonds. The van der Waals surface area contributed by atoms with Gasteiger partial charge in [0.1, 0.15) is 30.3 Å². The van der Waals surface area contributed by atoms with Gasteiger partial charge < -0.3 is 20.1 Å². The Morgan fingerprint density at radius 1 is 1.12 bits per heavy atom. The lowest BCUT2D eigenvalue weighted by molar-refractivity contribution is -0.152. The Labute approximate surface area is 215 Å². The Bertz CT molecular complexity index is 741. The zero-order valence-electron chi connectivity index (χ0n) is 20.4. The van der Waals surface area contributed by atoms with Crippen molar-refractivity contribution in [3.8, 4) is 0 Å². The van der Waals surface area contributed by atoms with E-state index in [1.807, 2.05) is 13.8 Å². The number of hydrogen-bond acceptors (Lipinski definition) is 7. The molecule has 3 N–H and O–H groups in total. The third-order valence-corrected chi connectivity index (χ3v) is 5.34. The van der Waals surface area contributed by atoms with Crippen molar-refractivity contribution in [1.82, 2.24) is 21.1 Å². The maximum absolute atomic E-state index is 12.9. The van der Waals surface area contributed by atoms with Crippen molar-refractivity contribution in [3.05, 3.63) is 0 Å². The standard InChI is InChI=1S/C21H35Cl3N4O6/c1-7-12(2)15(26-19(32)34-20(4,5)6)16(29)25-13(3)17(30)28-10-8-9-14(27-28)18(31)33-11-21(22,23)24/h12-15,27H,7-11H2,1-6H3,(H,25,29)(H,26,32)/t12?,13?,14?,15-/m0/s1. The number of rotatable bonds is 8. The van der Waals surface area contributed by atoms with Gasteiger partial charge in [-0.05, 0) is 46.5 Å². The summed E-state index contributed by atoms with van der Waals surface area (Å²) < 4.78 is 8.50. The molecule has 0 aromatic rings. The lowest BCUT2D eigenvalue weighted by Crippen LogP contribution is -2.61. The number of ether oxygens (including phenoxy) is 2. The summed E-state index contributed by atoms with van der Waals surface area (Å²) in [4.78, 5) is 50.3. The van der Waals surface area contributed by atoms with E-state index in [1.165, 1.54) is 11.9 Å². The second-order valence-electron chi connectivity index (χ2n) is 9.28. The van der Waals surface area contributed by atoms with E-state index in [-0.39, 0.29) is 5.92 Å². The molecule has 1 saturated heterocycles. The van der Waals surface area contributed by atoms with Gasteiger partial charge in [0, 0.05) is 6.54 Å². The van der Waals surface area contributed by atoms with Crippen LogP contribution < -0.4 is 16.1 Å². The summed E-state index contributed by atoms with van der Waals surface area (Å²) >= 11 is 16.8. The quantitative estimate of drug-likeness (QED) is 0.316. The molecule has 0 radical (unpaired) electrons. The minimum absolute atomic E-state index is 0.208. The molecule has 196 valence electrons. The van der Waals surface area contributed by atoms with E-state index >= 15 is 0 Å². The van der Waals surface area contributed by atoms with Gasteiger partial charge >= 0.3 is 12.1 Å². The van der Waals surface area contributed by atoms with Gasteiger partial charge in [-0.25, -0.2) is 10.2 Å². The van der Waals surface area contributed by atoms with E-state index in [0.717, 1.165) is 0 Å². The molecule has 3 unspecified atom stereocenters. The molecule has 1 heterocycles. The number of alkyl halides is 3. The van der Waals surface area contributed by atoms with Crippen molar-refractivity contribution < 1.29 is 28.7 Å². The Morgan fingerprint density at radius 2 is 1.74 bits per heavy atom. The highest BCUT2D eigenvalue weighted by atomic mass is 35.6. The van der Waals surface area contributed by atoms with E-state index < -0.39 is 58.0 Å². The van der Waals surface area contributed by atoms with E-state index in [9.17, 15) is 19.2 Å².